The van der Waals surface area contributed by atoms with Crippen molar-refractivity contribution in [2.45, 2.75) is 20.4 Å². The number of thiocarbonyl (C=S) groups is 1. The molecule has 3 nitrogen and oxygen atoms in total. The SMILES string of the molecule is CC(C)CN1C(=O)/C(=C/c2cn(Cc3ccccc3)c3ccc(Br)cc23)SC1=S. The molecule has 2 aromatic carbocycles. The van der Waals surface area contributed by atoms with Crippen LogP contribution in [-0.2, 0) is 11.3 Å². The van der Waals surface area contributed by atoms with Crippen LogP contribution in [0.4, 0.5) is 0 Å². The number of amides is 1. The molecule has 148 valence electrons. The summed E-state index contributed by atoms with van der Waals surface area (Å²) >= 11 is 10.4. The Labute approximate surface area is 188 Å². The van der Waals surface area contributed by atoms with Crippen molar-refractivity contribution in [2.75, 3.05) is 6.54 Å². The van der Waals surface area contributed by atoms with Gasteiger partial charge in [-0.1, -0.05) is 84.1 Å². The average Bonchev–Trinajstić information content (AvgIpc) is 3.14. The van der Waals surface area contributed by atoms with Gasteiger partial charge in [0.15, 0.2) is 0 Å². The van der Waals surface area contributed by atoms with Crippen LogP contribution >= 0.6 is 39.9 Å². The highest BCUT2D eigenvalue weighted by atomic mass is 79.9. The Kier molecular flexibility index (Phi) is 5.95. The van der Waals surface area contributed by atoms with Gasteiger partial charge in [0.25, 0.3) is 5.91 Å². The highest BCUT2D eigenvalue weighted by molar-refractivity contribution is 9.10. The summed E-state index contributed by atoms with van der Waals surface area (Å²) in [6.07, 6.45) is 4.11. The lowest BCUT2D eigenvalue weighted by Gasteiger charge is -2.16. The summed E-state index contributed by atoms with van der Waals surface area (Å²) in [7, 11) is 0. The maximum atomic E-state index is 12.9. The molecule has 0 N–H and O–H groups in total. The standard InChI is InChI=1S/C23H21BrN2OS2/c1-15(2)12-26-22(27)21(29-23(26)28)10-17-14-25(13-16-6-4-3-5-7-16)20-9-8-18(24)11-19(17)20/h3-11,14-15H,12-13H2,1-2H3/b21-10-. The molecule has 4 rings (SSSR count). The van der Waals surface area contributed by atoms with Crippen molar-refractivity contribution < 1.29 is 4.79 Å². The number of halogens is 1. The van der Waals surface area contributed by atoms with Crippen molar-refractivity contribution in [3.05, 3.63) is 75.2 Å². The van der Waals surface area contributed by atoms with E-state index in [-0.39, 0.29) is 5.91 Å². The number of hydrogen-bond donors (Lipinski definition) is 0. The highest BCUT2D eigenvalue weighted by Crippen LogP contribution is 2.35. The number of carbonyl (C=O) groups excluding carboxylic acids is 1. The number of rotatable bonds is 5. The van der Waals surface area contributed by atoms with Crippen molar-refractivity contribution in [3.63, 3.8) is 0 Å². The number of nitrogens with zero attached hydrogens (tertiary/aromatic N) is 2. The zero-order valence-corrected chi connectivity index (χ0v) is 19.5. The van der Waals surface area contributed by atoms with Gasteiger partial charge in [0.1, 0.15) is 4.32 Å². The second-order valence-corrected chi connectivity index (χ2v) is 10.1. The number of thioether (sulfide) groups is 1. The summed E-state index contributed by atoms with van der Waals surface area (Å²) in [5, 5.41) is 1.12. The van der Waals surface area contributed by atoms with E-state index in [1.165, 1.54) is 17.3 Å². The fraction of sp³-hybridized carbons (Fsp3) is 0.217. The predicted molar refractivity (Wildman–Crippen MR) is 130 cm³/mol. The quantitative estimate of drug-likeness (QED) is 0.313. The van der Waals surface area contributed by atoms with E-state index in [2.05, 4.69) is 83.0 Å². The third-order valence-corrected chi connectivity index (χ3v) is 6.65. The van der Waals surface area contributed by atoms with E-state index in [1.54, 1.807) is 4.90 Å². The lowest BCUT2D eigenvalue weighted by atomic mass is 10.1. The molecule has 0 atom stereocenters. The van der Waals surface area contributed by atoms with Crippen LogP contribution < -0.4 is 0 Å². The molecule has 1 aliphatic rings. The van der Waals surface area contributed by atoms with Crippen LogP contribution in [-0.4, -0.2) is 26.2 Å². The first-order valence-corrected chi connectivity index (χ1v) is 11.5. The number of fused-ring (bicyclic) bond motifs is 1. The number of carbonyl (C=O) groups is 1. The summed E-state index contributed by atoms with van der Waals surface area (Å²) in [6.45, 7) is 5.62. The summed E-state index contributed by atoms with van der Waals surface area (Å²) in [6, 6.07) is 16.7. The Morgan fingerprint density at radius 3 is 2.66 bits per heavy atom. The van der Waals surface area contributed by atoms with Crippen LogP contribution in [0.1, 0.15) is 25.0 Å². The molecule has 0 unspecified atom stereocenters. The van der Waals surface area contributed by atoms with E-state index in [0.717, 1.165) is 27.5 Å². The molecular formula is C23H21BrN2OS2. The summed E-state index contributed by atoms with van der Waals surface area (Å²) in [5.41, 5.74) is 3.41. The predicted octanol–water partition coefficient (Wildman–Crippen LogP) is 6.31. The molecule has 0 radical (unpaired) electrons. The second-order valence-electron chi connectivity index (χ2n) is 7.55. The average molecular weight is 485 g/mol. The Morgan fingerprint density at radius 1 is 1.17 bits per heavy atom. The smallest absolute Gasteiger partial charge is 0.266 e. The van der Waals surface area contributed by atoms with E-state index in [0.29, 0.717) is 21.7 Å². The minimum Gasteiger partial charge on any atom is -0.342 e. The van der Waals surface area contributed by atoms with Gasteiger partial charge >= 0.3 is 0 Å². The van der Waals surface area contributed by atoms with E-state index in [1.807, 2.05) is 12.1 Å². The first-order valence-electron chi connectivity index (χ1n) is 9.50. The molecule has 0 bridgehead atoms. The first kappa shape index (κ1) is 20.4. The molecule has 1 saturated heterocycles. The molecule has 3 aromatic rings. The Balaban J connectivity index is 1.74. The van der Waals surface area contributed by atoms with Gasteiger partial charge in [-0.05, 0) is 35.8 Å². The van der Waals surface area contributed by atoms with E-state index in [9.17, 15) is 4.79 Å². The lowest BCUT2D eigenvalue weighted by molar-refractivity contribution is -0.122. The van der Waals surface area contributed by atoms with E-state index >= 15 is 0 Å². The van der Waals surface area contributed by atoms with Gasteiger partial charge in [-0.15, -0.1) is 0 Å². The molecule has 0 saturated carbocycles. The van der Waals surface area contributed by atoms with Crippen molar-refractivity contribution in [1.82, 2.24) is 9.47 Å². The zero-order valence-electron chi connectivity index (χ0n) is 16.3. The van der Waals surface area contributed by atoms with Gasteiger partial charge in [0.2, 0.25) is 0 Å². The summed E-state index contributed by atoms with van der Waals surface area (Å²) in [5.74, 6) is 0.383. The Morgan fingerprint density at radius 2 is 1.93 bits per heavy atom. The van der Waals surface area contributed by atoms with Gasteiger partial charge < -0.3 is 4.57 Å². The zero-order chi connectivity index (χ0) is 20.5. The van der Waals surface area contributed by atoms with Crippen molar-refractivity contribution >= 4 is 67.1 Å². The van der Waals surface area contributed by atoms with Gasteiger partial charge in [-0.25, -0.2) is 0 Å². The molecule has 0 aliphatic carbocycles. The fourth-order valence-electron chi connectivity index (χ4n) is 3.49. The molecule has 1 aromatic heterocycles. The van der Waals surface area contributed by atoms with Gasteiger partial charge in [0.05, 0.1) is 4.91 Å². The van der Waals surface area contributed by atoms with Crippen molar-refractivity contribution in [3.8, 4) is 0 Å². The maximum Gasteiger partial charge on any atom is 0.266 e. The molecule has 29 heavy (non-hydrogen) atoms. The van der Waals surface area contributed by atoms with E-state index in [4.69, 9.17) is 12.2 Å². The first-order chi connectivity index (χ1) is 13.9. The maximum absolute atomic E-state index is 12.9. The van der Waals surface area contributed by atoms with Crippen molar-refractivity contribution in [2.24, 2.45) is 5.92 Å². The molecule has 1 aliphatic heterocycles. The van der Waals surface area contributed by atoms with Crippen LogP contribution in [0.25, 0.3) is 17.0 Å². The summed E-state index contributed by atoms with van der Waals surface area (Å²) < 4.78 is 3.89. The minimum atomic E-state index is 0.00709. The van der Waals surface area contributed by atoms with Crippen LogP contribution in [0.2, 0.25) is 0 Å². The lowest BCUT2D eigenvalue weighted by Crippen LogP contribution is -2.31. The highest BCUT2D eigenvalue weighted by Gasteiger charge is 2.32. The molecule has 1 amide bonds. The second kappa shape index (κ2) is 8.46. The van der Waals surface area contributed by atoms with Gasteiger partial charge in [-0.2, -0.15) is 0 Å². The molecule has 2 heterocycles. The molecular weight excluding hydrogens is 464 g/mol. The van der Waals surface area contributed by atoms with Crippen LogP contribution in [0.5, 0.6) is 0 Å². The molecule has 0 spiro atoms. The van der Waals surface area contributed by atoms with E-state index < -0.39 is 0 Å². The van der Waals surface area contributed by atoms with Crippen LogP contribution in [0.15, 0.2) is 64.1 Å². The normalized spacial score (nSPS) is 16.0. The largest absolute Gasteiger partial charge is 0.342 e. The third kappa shape index (κ3) is 4.34. The third-order valence-electron chi connectivity index (χ3n) is 4.78. The van der Waals surface area contributed by atoms with Crippen LogP contribution in [0, 0.1) is 5.92 Å². The van der Waals surface area contributed by atoms with Crippen molar-refractivity contribution in [1.29, 1.82) is 0 Å². The monoisotopic (exact) mass is 484 g/mol. The number of aromatic nitrogens is 1. The van der Waals surface area contributed by atoms with Gasteiger partial charge in [0, 0.05) is 40.2 Å². The number of benzene rings is 2. The minimum absolute atomic E-state index is 0.00709. The summed E-state index contributed by atoms with van der Waals surface area (Å²) in [4.78, 5) is 15.3. The van der Waals surface area contributed by atoms with Crippen LogP contribution in [0.3, 0.4) is 0 Å². The Bertz CT molecular complexity index is 1120. The van der Waals surface area contributed by atoms with Gasteiger partial charge in [-0.3, -0.25) is 9.69 Å². The molecule has 6 heteroatoms. The topological polar surface area (TPSA) is 25.2 Å². The number of hydrogen-bond acceptors (Lipinski definition) is 3. The Hall–Kier alpha value is -1.89. The molecule has 1 fully saturated rings. The fourth-order valence-corrected chi connectivity index (χ4v) is 5.11.